The van der Waals surface area contributed by atoms with E-state index < -0.39 is 0 Å². The predicted octanol–water partition coefficient (Wildman–Crippen LogP) is 3.72. The molecule has 0 unspecified atom stereocenters. The molecule has 29 heavy (non-hydrogen) atoms. The first-order valence-corrected chi connectivity index (χ1v) is 9.19. The first-order valence-electron chi connectivity index (χ1n) is 9.19. The third-order valence-electron chi connectivity index (χ3n) is 4.26. The van der Waals surface area contributed by atoms with Crippen molar-refractivity contribution in [3.05, 3.63) is 103 Å². The van der Waals surface area contributed by atoms with Crippen molar-refractivity contribution < 1.29 is 4.79 Å². The molecule has 0 fully saturated rings. The molecule has 0 radical (unpaired) electrons. The molecule has 0 aliphatic heterocycles. The lowest BCUT2D eigenvalue weighted by Gasteiger charge is -2.02. The average Bonchev–Trinajstić information content (AvgIpc) is 3.24. The van der Waals surface area contributed by atoms with Crippen molar-refractivity contribution in [2.24, 2.45) is 0 Å². The number of benzene rings is 2. The van der Waals surface area contributed by atoms with Crippen molar-refractivity contribution in [1.29, 1.82) is 0 Å². The Morgan fingerprint density at radius 2 is 1.72 bits per heavy atom. The molecule has 0 bridgehead atoms. The second-order valence-electron chi connectivity index (χ2n) is 6.26. The second kappa shape index (κ2) is 8.68. The Kier molecular flexibility index (Phi) is 5.45. The van der Waals surface area contributed by atoms with Crippen LogP contribution >= 0.6 is 0 Å². The fourth-order valence-electron chi connectivity index (χ4n) is 2.86. The molecule has 0 saturated heterocycles. The van der Waals surface area contributed by atoms with Crippen LogP contribution in [0, 0.1) is 11.8 Å². The Hall–Kier alpha value is -4.17. The molecule has 1 amide bonds. The first-order chi connectivity index (χ1) is 14.3. The van der Waals surface area contributed by atoms with Crippen LogP contribution in [-0.4, -0.2) is 27.2 Å². The number of hydrogen-bond donors (Lipinski definition) is 1. The van der Waals surface area contributed by atoms with E-state index in [4.69, 9.17) is 0 Å². The summed E-state index contributed by atoms with van der Waals surface area (Å²) in [5.41, 5.74) is 3.62. The van der Waals surface area contributed by atoms with E-state index in [-0.39, 0.29) is 12.5 Å². The number of nitrogens with zero attached hydrogens (tertiary/aromatic N) is 3. The van der Waals surface area contributed by atoms with Gasteiger partial charge in [0.15, 0.2) is 0 Å². The van der Waals surface area contributed by atoms with Gasteiger partial charge in [-0.3, -0.25) is 9.78 Å². The topological polar surface area (TPSA) is 59.8 Å². The highest BCUT2D eigenvalue weighted by Gasteiger charge is 2.18. The van der Waals surface area contributed by atoms with Gasteiger partial charge in [-0.1, -0.05) is 48.2 Å². The molecule has 2 heterocycles. The van der Waals surface area contributed by atoms with Crippen LogP contribution in [0.15, 0.2) is 91.4 Å². The summed E-state index contributed by atoms with van der Waals surface area (Å²) in [6.45, 7) is 0.247. The van der Waals surface area contributed by atoms with Gasteiger partial charge in [0.2, 0.25) is 0 Å². The number of aromatic nitrogens is 3. The maximum absolute atomic E-state index is 12.8. The smallest absolute Gasteiger partial charge is 0.255 e. The van der Waals surface area contributed by atoms with Crippen LogP contribution in [-0.2, 0) is 0 Å². The molecule has 0 saturated carbocycles. The summed E-state index contributed by atoms with van der Waals surface area (Å²) in [6.07, 6.45) is 5.12. The van der Waals surface area contributed by atoms with Gasteiger partial charge in [-0.2, -0.15) is 5.10 Å². The van der Waals surface area contributed by atoms with Crippen LogP contribution < -0.4 is 5.32 Å². The number of hydrogen-bond acceptors (Lipinski definition) is 3. The molecular weight excluding hydrogens is 360 g/mol. The maximum atomic E-state index is 12.8. The Morgan fingerprint density at radius 1 is 0.966 bits per heavy atom. The van der Waals surface area contributed by atoms with Crippen molar-refractivity contribution >= 4 is 5.91 Å². The molecule has 0 atom stereocenters. The van der Waals surface area contributed by atoms with E-state index in [2.05, 4.69) is 27.2 Å². The lowest BCUT2D eigenvalue weighted by molar-refractivity contribution is 0.0959. The fourth-order valence-corrected chi connectivity index (χ4v) is 2.86. The van der Waals surface area contributed by atoms with Gasteiger partial charge in [0.25, 0.3) is 5.91 Å². The van der Waals surface area contributed by atoms with E-state index in [1.54, 1.807) is 23.3 Å². The number of carbonyl (C=O) groups is 1. The largest absolute Gasteiger partial charge is 0.341 e. The summed E-state index contributed by atoms with van der Waals surface area (Å²) in [6, 6.07) is 23.0. The highest BCUT2D eigenvalue weighted by Crippen LogP contribution is 2.23. The summed E-state index contributed by atoms with van der Waals surface area (Å²) in [7, 11) is 0. The Morgan fingerprint density at radius 3 is 2.45 bits per heavy atom. The highest BCUT2D eigenvalue weighted by atomic mass is 16.1. The molecule has 4 aromatic rings. The molecule has 4 rings (SSSR count). The first kappa shape index (κ1) is 18.2. The van der Waals surface area contributed by atoms with Gasteiger partial charge in [0, 0.05) is 29.7 Å². The van der Waals surface area contributed by atoms with Gasteiger partial charge in [-0.25, -0.2) is 4.68 Å². The third kappa shape index (κ3) is 4.40. The minimum absolute atomic E-state index is 0.228. The Bertz CT molecular complexity index is 1160. The minimum atomic E-state index is -0.228. The zero-order chi connectivity index (χ0) is 19.9. The lowest BCUT2D eigenvalue weighted by Crippen LogP contribution is -2.23. The molecule has 140 valence electrons. The summed E-state index contributed by atoms with van der Waals surface area (Å²) >= 11 is 0. The minimum Gasteiger partial charge on any atom is -0.341 e. The predicted molar refractivity (Wildman–Crippen MR) is 112 cm³/mol. The lowest BCUT2D eigenvalue weighted by atomic mass is 10.1. The number of pyridine rings is 1. The van der Waals surface area contributed by atoms with Gasteiger partial charge in [0.1, 0.15) is 5.69 Å². The molecule has 0 aliphatic rings. The van der Waals surface area contributed by atoms with Crippen molar-refractivity contribution in [3.63, 3.8) is 0 Å². The van der Waals surface area contributed by atoms with Crippen molar-refractivity contribution in [3.8, 4) is 28.8 Å². The van der Waals surface area contributed by atoms with Gasteiger partial charge in [0.05, 0.1) is 17.8 Å². The van der Waals surface area contributed by atoms with Crippen LogP contribution in [0.5, 0.6) is 0 Å². The summed E-state index contributed by atoms with van der Waals surface area (Å²) in [5.74, 6) is 5.78. The van der Waals surface area contributed by atoms with Crippen LogP contribution in [0.1, 0.15) is 15.9 Å². The molecule has 0 spiro atoms. The summed E-state index contributed by atoms with van der Waals surface area (Å²) < 4.78 is 1.70. The quantitative estimate of drug-likeness (QED) is 0.551. The van der Waals surface area contributed by atoms with Crippen LogP contribution in [0.4, 0.5) is 0 Å². The number of para-hydroxylation sites is 1. The van der Waals surface area contributed by atoms with Gasteiger partial charge >= 0.3 is 0 Å². The molecule has 5 nitrogen and oxygen atoms in total. The summed E-state index contributed by atoms with van der Waals surface area (Å²) in [5, 5.41) is 7.49. The van der Waals surface area contributed by atoms with E-state index in [0.717, 1.165) is 16.8 Å². The zero-order valence-electron chi connectivity index (χ0n) is 15.6. The third-order valence-corrected chi connectivity index (χ3v) is 4.26. The van der Waals surface area contributed by atoms with E-state index in [1.807, 2.05) is 72.8 Å². The van der Waals surface area contributed by atoms with Gasteiger partial charge in [-0.15, -0.1) is 0 Å². The normalized spacial score (nSPS) is 10.1. The zero-order valence-corrected chi connectivity index (χ0v) is 15.6. The van der Waals surface area contributed by atoms with Crippen LogP contribution in [0.2, 0.25) is 0 Å². The van der Waals surface area contributed by atoms with Gasteiger partial charge < -0.3 is 5.32 Å². The van der Waals surface area contributed by atoms with Crippen LogP contribution in [0.25, 0.3) is 16.9 Å². The maximum Gasteiger partial charge on any atom is 0.255 e. The van der Waals surface area contributed by atoms with E-state index in [0.29, 0.717) is 11.3 Å². The van der Waals surface area contributed by atoms with Gasteiger partial charge in [-0.05, 0) is 36.4 Å². The second-order valence-corrected chi connectivity index (χ2v) is 6.26. The van der Waals surface area contributed by atoms with Crippen molar-refractivity contribution in [1.82, 2.24) is 20.1 Å². The Balaban J connectivity index is 1.59. The number of carbonyl (C=O) groups excluding carboxylic acids is 1. The SMILES string of the molecule is O=C(NCC#Cc1ccccc1)c1cn(-c2ccccc2)nc1-c1cccnc1. The highest BCUT2D eigenvalue weighted by molar-refractivity contribution is 6.00. The molecule has 5 heteroatoms. The Labute approximate surface area is 169 Å². The van der Waals surface area contributed by atoms with Crippen molar-refractivity contribution in [2.45, 2.75) is 0 Å². The molecule has 1 N–H and O–H groups in total. The van der Waals surface area contributed by atoms with Crippen molar-refractivity contribution in [2.75, 3.05) is 6.54 Å². The standard InChI is InChI=1S/C24H18N4O/c29-24(26-16-7-11-19-9-3-1-4-10-19)22-18-28(21-13-5-2-6-14-21)27-23(22)20-12-8-15-25-17-20/h1-6,8-10,12-15,17-18H,16H2,(H,26,29). The molecule has 2 aromatic heterocycles. The van der Waals surface area contributed by atoms with E-state index in [9.17, 15) is 4.79 Å². The summed E-state index contributed by atoms with van der Waals surface area (Å²) in [4.78, 5) is 17.0. The van der Waals surface area contributed by atoms with Crippen LogP contribution in [0.3, 0.4) is 0 Å². The molecule has 0 aliphatic carbocycles. The number of amides is 1. The molecular formula is C24H18N4O. The number of nitrogens with one attached hydrogen (secondary N) is 1. The van der Waals surface area contributed by atoms with E-state index in [1.165, 1.54) is 0 Å². The fraction of sp³-hybridized carbons (Fsp3) is 0.0417. The molecule has 2 aromatic carbocycles. The average molecular weight is 378 g/mol. The monoisotopic (exact) mass is 378 g/mol. The van der Waals surface area contributed by atoms with E-state index >= 15 is 0 Å². The number of rotatable bonds is 4.